The molecule has 0 aromatic carbocycles. The van der Waals surface area contributed by atoms with Crippen LogP contribution in [0.4, 0.5) is 0 Å². The van der Waals surface area contributed by atoms with E-state index in [-0.39, 0.29) is 12.5 Å². The maximum absolute atomic E-state index is 12.0. The molecular weight excluding hydrogens is 256 g/mol. The third kappa shape index (κ3) is 2.25. The largest absolute Gasteiger partial charge is 0.304 e. The number of hydrogen-bond acceptors (Lipinski definition) is 4. The van der Waals surface area contributed by atoms with Gasteiger partial charge in [0.15, 0.2) is 0 Å². The van der Waals surface area contributed by atoms with Crippen LogP contribution in [-0.2, 0) is 28.6 Å². The SMILES string of the molecule is CC(C)[C@H]1NS(=O)(=O)N(Cc2ccn(C)n2)C1=O. The van der Waals surface area contributed by atoms with E-state index in [2.05, 4.69) is 9.82 Å². The number of aryl methyl sites for hydroxylation is 1. The zero-order valence-corrected chi connectivity index (χ0v) is 11.3. The molecule has 1 aliphatic heterocycles. The molecule has 1 aliphatic rings. The van der Waals surface area contributed by atoms with Crippen molar-refractivity contribution in [3.63, 3.8) is 0 Å². The van der Waals surface area contributed by atoms with Gasteiger partial charge < -0.3 is 0 Å². The van der Waals surface area contributed by atoms with E-state index in [9.17, 15) is 13.2 Å². The summed E-state index contributed by atoms with van der Waals surface area (Å²) in [6.07, 6.45) is 1.70. The monoisotopic (exact) mass is 272 g/mol. The molecule has 0 spiro atoms. The Hall–Kier alpha value is -1.41. The summed E-state index contributed by atoms with van der Waals surface area (Å²) >= 11 is 0. The van der Waals surface area contributed by atoms with Crippen molar-refractivity contribution in [1.29, 1.82) is 0 Å². The maximum atomic E-state index is 12.0. The molecule has 1 saturated heterocycles. The van der Waals surface area contributed by atoms with Crippen molar-refractivity contribution in [2.24, 2.45) is 13.0 Å². The molecule has 2 rings (SSSR count). The second-order valence-corrected chi connectivity index (χ2v) is 6.30. The van der Waals surface area contributed by atoms with Gasteiger partial charge in [0, 0.05) is 13.2 Å². The molecule has 1 atom stereocenters. The molecule has 18 heavy (non-hydrogen) atoms. The number of hydrogen-bond donors (Lipinski definition) is 1. The summed E-state index contributed by atoms with van der Waals surface area (Å²) in [4.78, 5) is 12.0. The quantitative estimate of drug-likeness (QED) is 0.813. The predicted octanol–water partition coefficient (Wildman–Crippen LogP) is -0.379. The van der Waals surface area contributed by atoms with Crippen LogP contribution in [0.5, 0.6) is 0 Å². The van der Waals surface area contributed by atoms with E-state index in [1.165, 1.54) is 0 Å². The Morgan fingerprint density at radius 1 is 1.50 bits per heavy atom. The lowest BCUT2D eigenvalue weighted by molar-refractivity contribution is -0.127. The summed E-state index contributed by atoms with van der Waals surface area (Å²) in [5.41, 5.74) is 0.542. The Morgan fingerprint density at radius 2 is 2.17 bits per heavy atom. The van der Waals surface area contributed by atoms with Crippen LogP contribution in [-0.4, -0.2) is 34.5 Å². The van der Waals surface area contributed by atoms with Crippen LogP contribution >= 0.6 is 0 Å². The second-order valence-electron chi connectivity index (χ2n) is 4.67. The van der Waals surface area contributed by atoms with Gasteiger partial charge in [0.2, 0.25) is 0 Å². The van der Waals surface area contributed by atoms with Gasteiger partial charge in [-0.15, -0.1) is 0 Å². The fraction of sp³-hybridized carbons (Fsp3) is 0.600. The van der Waals surface area contributed by atoms with Gasteiger partial charge in [-0.25, -0.2) is 4.31 Å². The number of amides is 1. The Bertz CT molecular complexity index is 563. The lowest BCUT2D eigenvalue weighted by Gasteiger charge is -2.13. The molecule has 8 heteroatoms. The topological polar surface area (TPSA) is 84.3 Å². The van der Waals surface area contributed by atoms with Crippen LogP contribution in [0.2, 0.25) is 0 Å². The maximum Gasteiger partial charge on any atom is 0.304 e. The van der Waals surface area contributed by atoms with Gasteiger partial charge in [0.25, 0.3) is 5.91 Å². The highest BCUT2D eigenvalue weighted by atomic mass is 32.2. The van der Waals surface area contributed by atoms with Crippen molar-refractivity contribution < 1.29 is 13.2 Å². The fourth-order valence-corrected chi connectivity index (χ4v) is 3.30. The minimum atomic E-state index is -3.73. The van der Waals surface area contributed by atoms with Crippen LogP contribution in [0.25, 0.3) is 0 Å². The molecule has 0 bridgehead atoms. The molecular formula is C10H16N4O3S. The van der Waals surface area contributed by atoms with E-state index in [1.807, 2.05) is 0 Å². The summed E-state index contributed by atoms with van der Waals surface area (Å²) in [7, 11) is -2.00. The van der Waals surface area contributed by atoms with Crippen molar-refractivity contribution in [1.82, 2.24) is 18.8 Å². The van der Waals surface area contributed by atoms with Gasteiger partial charge in [0.1, 0.15) is 6.04 Å². The van der Waals surface area contributed by atoms with Crippen molar-refractivity contribution in [2.45, 2.75) is 26.4 Å². The van der Waals surface area contributed by atoms with Gasteiger partial charge in [-0.1, -0.05) is 13.8 Å². The van der Waals surface area contributed by atoms with Crippen LogP contribution in [0.3, 0.4) is 0 Å². The third-order valence-corrected chi connectivity index (χ3v) is 4.26. The molecule has 1 amide bonds. The van der Waals surface area contributed by atoms with Gasteiger partial charge in [-0.05, 0) is 12.0 Å². The van der Waals surface area contributed by atoms with E-state index >= 15 is 0 Å². The highest BCUT2D eigenvalue weighted by molar-refractivity contribution is 7.88. The van der Waals surface area contributed by atoms with Gasteiger partial charge in [0.05, 0.1) is 12.2 Å². The normalized spacial score (nSPS) is 23.0. The number of rotatable bonds is 3. The first kappa shape index (κ1) is 13.0. The molecule has 0 radical (unpaired) electrons. The zero-order chi connectivity index (χ0) is 13.5. The molecule has 0 unspecified atom stereocenters. The molecule has 2 heterocycles. The first-order chi connectivity index (χ1) is 8.31. The predicted molar refractivity (Wildman–Crippen MR) is 64.4 cm³/mol. The van der Waals surface area contributed by atoms with Crippen LogP contribution in [0, 0.1) is 5.92 Å². The number of nitrogens with one attached hydrogen (secondary N) is 1. The summed E-state index contributed by atoms with van der Waals surface area (Å²) in [6, 6.07) is 1.00. The zero-order valence-electron chi connectivity index (χ0n) is 10.5. The highest BCUT2D eigenvalue weighted by Gasteiger charge is 2.44. The summed E-state index contributed by atoms with van der Waals surface area (Å²) < 4.78 is 28.5. The second kappa shape index (κ2) is 4.36. The van der Waals surface area contributed by atoms with Gasteiger partial charge >= 0.3 is 10.2 Å². The average Bonchev–Trinajstić information content (AvgIpc) is 2.75. The molecule has 100 valence electrons. The molecule has 1 N–H and O–H groups in total. The third-order valence-electron chi connectivity index (χ3n) is 2.82. The van der Waals surface area contributed by atoms with E-state index in [1.54, 1.807) is 37.8 Å². The van der Waals surface area contributed by atoms with Crippen molar-refractivity contribution in [2.75, 3.05) is 0 Å². The van der Waals surface area contributed by atoms with Crippen molar-refractivity contribution in [3.8, 4) is 0 Å². The lowest BCUT2D eigenvalue weighted by atomic mass is 10.1. The van der Waals surface area contributed by atoms with Crippen LogP contribution < -0.4 is 4.72 Å². The Kier molecular flexibility index (Phi) is 3.16. The first-order valence-electron chi connectivity index (χ1n) is 5.63. The van der Waals surface area contributed by atoms with Gasteiger partial charge in [-0.2, -0.15) is 18.2 Å². The average molecular weight is 272 g/mol. The molecule has 7 nitrogen and oxygen atoms in total. The Morgan fingerprint density at radius 3 is 2.61 bits per heavy atom. The Balaban J connectivity index is 2.24. The summed E-state index contributed by atoms with van der Waals surface area (Å²) in [5, 5.41) is 4.07. The standard InChI is InChI=1S/C10H16N4O3S/c1-7(2)9-10(15)14(18(16,17)12-9)6-8-4-5-13(3)11-8/h4-5,7,9,12H,6H2,1-3H3/t9-/m1/s1. The summed E-state index contributed by atoms with van der Waals surface area (Å²) in [6.45, 7) is 3.57. The molecule has 1 fully saturated rings. The highest BCUT2D eigenvalue weighted by Crippen LogP contribution is 2.20. The fourth-order valence-electron chi connectivity index (χ4n) is 1.83. The van der Waals surface area contributed by atoms with Crippen molar-refractivity contribution >= 4 is 16.1 Å². The number of nitrogens with zero attached hydrogens (tertiary/aromatic N) is 3. The number of aromatic nitrogens is 2. The Labute approximate surface area is 106 Å². The minimum absolute atomic E-state index is 0.0295. The van der Waals surface area contributed by atoms with Crippen molar-refractivity contribution in [3.05, 3.63) is 18.0 Å². The van der Waals surface area contributed by atoms with E-state index in [0.717, 1.165) is 4.31 Å². The van der Waals surface area contributed by atoms with E-state index < -0.39 is 22.2 Å². The lowest BCUT2D eigenvalue weighted by Crippen LogP contribution is -2.34. The molecule has 0 aliphatic carbocycles. The summed E-state index contributed by atoms with van der Waals surface area (Å²) in [5.74, 6) is -0.503. The molecule has 0 saturated carbocycles. The smallest absolute Gasteiger partial charge is 0.275 e. The van der Waals surface area contributed by atoms with Crippen LogP contribution in [0.1, 0.15) is 19.5 Å². The van der Waals surface area contributed by atoms with Gasteiger partial charge in [-0.3, -0.25) is 9.48 Å². The molecule has 1 aromatic rings. The first-order valence-corrected chi connectivity index (χ1v) is 7.07. The molecule has 1 aromatic heterocycles. The van der Waals surface area contributed by atoms with E-state index in [4.69, 9.17) is 0 Å². The number of carbonyl (C=O) groups excluding carboxylic acids is 1. The van der Waals surface area contributed by atoms with E-state index in [0.29, 0.717) is 5.69 Å². The minimum Gasteiger partial charge on any atom is -0.275 e. The van der Waals surface area contributed by atoms with Crippen LogP contribution in [0.15, 0.2) is 12.3 Å². The number of carbonyl (C=O) groups is 1.